The number of nitrogens with one attached hydrogen (secondary N) is 1. The molecule has 6 heteroatoms. The monoisotopic (exact) mass is 251 g/mol. The molecule has 0 radical (unpaired) electrons. The third kappa shape index (κ3) is 5.79. The maximum atomic E-state index is 11.5. The van der Waals surface area contributed by atoms with Crippen molar-refractivity contribution in [2.45, 2.75) is 32.4 Å². The standard InChI is InChI=1S/C10H25N3O2S/c1-4-13(5-2)8-6-7-12-16(14,15)10(3)9-11/h10,12H,4-9,11H2,1-3H3. The first-order chi connectivity index (χ1) is 7.47. The maximum absolute atomic E-state index is 11.5. The molecule has 0 aliphatic rings. The van der Waals surface area contributed by atoms with Crippen LogP contribution in [0.3, 0.4) is 0 Å². The topological polar surface area (TPSA) is 75.4 Å². The van der Waals surface area contributed by atoms with Gasteiger partial charge in [0.25, 0.3) is 0 Å². The highest BCUT2D eigenvalue weighted by Crippen LogP contribution is 1.96. The van der Waals surface area contributed by atoms with Crippen molar-refractivity contribution in [3.05, 3.63) is 0 Å². The number of hydrogen-bond acceptors (Lipinski definition) is 4. The molecule has 3 N–H and O–H groups in total. The van der Waals surface area contributed by atoms with Crippen LogP contribution in [0.5, 0.6) is 0 Å². The van der Waals surface area contributed by atoms with E-state index in [0.29, 0.717) is 6.54 Å². The molecule has 1 unspecified atom stereocenters. The van der Waals surface area contributed by atoms with Crippen LogP contribution in [0.1, 0.15) is 27.2 Å². The van der Waals surface area contributed by atoms with Gasteiger partial charge in [0.1, 0.15) is 0 Å². The summed E-state index contributed by atoms with van der Waals surface area (Å²) in [6, 6.07) is 0. The molecule has 16 heavy (non-hydrogen) atoms. The normalized spacial score (nSPS) is 14.3. The van der Waals surface area contributed by atoms with Crippen LogP contribution in [0, 0.1) is 0 Å². The largest absolute Gasteiger partial charge is 0.329 e. The fourth-order valence-corrected chi connectivity index (χ4v) is 2.29. The fraction of sp³-hybridized carbons (Fsp3) is 1.00. The highest BCUT2D eigenvalue weighted by Gasteiger charge is 2.17. The summed E-state index contributed by atoms with van der Waals surface area (Å²) >= 11 is 0. The summed E-state index contributed by atoms with van der Waals surface area (Å²) in [6.45, 7) is 9.40. The summed E-state index contributed by atoms with van der Waals surface area (Å²) in [7, 11) is -3.22. The fourth-order valence-electron chi connectivity index (χ4n) is 1.33. The van der Waals surface area contributed by atoms with Crippen LogP contribution < -0.4 is 10.5 Å². The Labute approximate surface area is 99.4 Å². The van der Waals surface area contributed by atoms with E-state index in [1.165, 1.54) is 0 Å². The van der Waals surface area contributed by atoms with Crippen molar-refractivity contribution in [1.29, 1.82) is 0 Å². The van der Waals surface area contributed by atoms with Gasteiger partial charge in [0.05, 0.1) is 5.25 Å². The molecule has 0 aromatic heterocycles. The molecular weight excluding hydrogens is 226 g/mol. The van der Waals surface area contributed by atoms with Crippen molar-refractivity contribution in [3.63, 3.8) is 0 Å². The second-order valence-electron chi connectivity index (χ2n) is 3.87. The Morgan fingerprint density at radius 3 is 2.31 bits per heavy atom. The zero-order valence-corrected chi connectivity index (χ0v) is 11.4. The third-order valence-electron chi connectivity index (χ3n) is 2.71. The van der Waals surface area contributed by atoms with Crippen LogP contribution in [-0.4, -0.2) is 51.3 Å². The third-order valence-corrected chi connectivity index (χ3v) is 4.57. The first kappa shape index (κ1) is 15.8. The smallest absolute Gasteiger partial charge is 0.215 e. The van der Waals surface area contributed by atoms with Crippen LogP contribution in [-0.2, 0) is 10.0 Å². The van der Waals surface area contributed by atoms with Gasteiger partial charge in [0.2, 0.25) is 10.0 Å². The zero-order valence-electron chi connectivity index (χ0n) is 10.6. The van der Waals surface area contributed by atoms with Crippen LogP contribution in [0.2, 0.25) is 0 Å². The predicted molar refractivity (Wildman–Crippen MR) is 67.8 cm³/mol. The minimum absolute atomic E-state index is 0.158. The van der Waals surface area contributed by atoms with E-state index in [1.54, 1.807) is 6.92 Å². The number of nitrogens with zero attached hydrogens (tertiary/aromatic N) is 1. The lowest BCUT2D eigenvalue weighted by atomic mass is 10.4. The average Bonchev–Trinajstić information content (AvgIpc) is 2.28. The molecule has 0 aliphatic heterocycles. The van der Waals surface area contributed by atoms with Crippen molar-refractivity contribution < 1.29 is 8.42 Å². The molecule has 1 atom stereocenters. The predicted octanol–water partition coefficient (Wildman–Crippen LogP) is -0.0151. The van der Waals surface area contributed by atoms with E-state index < -0.39 is 15.3 Å². The molecule has 0 spiro atoms. The Balaban J connectivity index is 3.82. The van der Waals surface area contributed by atoms with Gasteiger partial charge in [-0.15, -0.1) is 0 Å². The SMILES string of the molecule is CCN(CC)CCCNS(=O)(=O)C(C)CN. The van der Waals surface area contributed by atoms with E-state index in [4.69, 9.17) is 5.73 Å². The summed E-state index contributed by atoms with van der Waals surface area (Å²) in [5.74, 6) is 0. The lowest BCUT2D eigenvalue weighted by Crippen LogP contribution is -2.38. The Kier molecular flexibility index (Phi) is 7.91. The van der Waals surface area contributed by atoms with Crippen molar-refractivity contribution in [3.8, 4) is 0 Å². The van der Waals surface area contributed by atoms with Gasteiger partial charge in [0, 0.05) is 13.1 Å². The van der Waals surface area contributed by atoms with Gasteiger partial charge in [-0.1, -0.05) is 13.8 Å². The number of sulfonamides is 1. The van der Waals surface area contributed by atoms with E-state index in [-0.39, 0.29) is 6.54 Å². The lowest BCUT2D eigenvalue weighted by Gasteiger charge is -2.18. The molecule has 5 nitrogen and oxygen atoms in total. The van der Waals surface area contributed by atoms with Gasteiger partial charge < -0.3 is 10.6 Å². The number of hydrogen-bond donors (Lipinski definition) is 2. The van der Waals surface area contributed by atoms with Gasteiger partial charge in [-0.3, -0.25) is 0 Å². The van der Waals surface area contributed by atoms with Crippen LogP contribution in [0.25, 0.3) is 0 Å². The Bertz CT molecular complexity index is 263. The van der Waals surface area contributed by atoms with E-state index in [9.17, 15) is 8.42 Å². The summed E-state index contributed by atoms with van der Waals surface area (Å²) in [5, 5.41) is -0.513. The molecule has 0 saturated carbocycles. The summed E-state index contributed by atoms with van der Waals surface area (Å²) < 4.78 is 25.7. The second kappa shape index (κ2) is 8.00. The van der Waals surface area contributed by atoms with Crippen LogP contribution in [0.4, 0.5) is 0 Å². The molecule has 0 amide bonds. The maximum Gasteiger partial charge on any atom is 0.215 e. The van der Waals surface area contributed by atoms with Gasteiger partial charge in [-0.25, -0.2) is 13.1 Å². The molecule has 0 heterocycles. The van der Waals surface area contributed by atoms with E-state index in [1.807, 2.05) is 0 Å². The molecule has 0 bridgehead atoms. The quantitative estimate of drug-likeness (QED) is 0.565. The summed E-state index contributed by atoms with van der Waals surface area (Å²) in [6.07, 6.45) is 0.832. The zero-order chi connectivity index (χ0) is 12.6. The molecule has 0 aromatic rings. The molecule has 0 aliphatic carbocycles. The van der Waals surface area contributed by atoms with Gasteiger partial charge in [-0.05, 0) is 33.0 Å². The van der Waals surface area contributed by atoms with E-state index in [0.717, 1.165) is 26.1 Å². The average molecular weight is 251 g/mol. The van der Waals surface area contributed by atoms with E-state index >= 15 is 0 Å². The van der Waals surface area contributed by atoms with Crippen LogP contribution in [0.15, 0.2) is 0 Å². The Morgan fingerprint density at radius 2 is 1.88 bits per heavy atom. The van der Waals surface area contributed by atoms with Gasteiger partial charge >= 0.3 is 0 Å². The molecule has 0 rings (SSSR count). The lowest BCUT2D eigenvalue weighted by molar-refractivity contribution is 0.300. The number of nitrogens with two attached hydrogens (primary N) is 1. The van der Waals surface area contributed by atoms with Gasteiger partial charge in [-0.2, -0.15) is 0 Å². The second-order valence-corrected chi connectivity index (χ2v) is 6.05. The van der Waals surface area contributed by atoms with Crippen LogP contribution >= 0.6 is 0 Å². The highest BCUT2D eigenvalue weighted by atomic mass is 32.2. The number of rotatable bonds is 9. The minimum Gasteiger partial charge on any atom is -0.329 e. The van der Waals surface area contributed by atoms with Gasteiger partial charge in [0.15, 0.2) is 0 Å². The molecule has 0 fully saturated rings. The van der Waals surface area contributed by atoms with Crippen molar-refractivity contribution in [2.75, 3.05) is 32.7 Å². The Morgan fingerprint density at radius 1 is 1.31 bits per heavy atom. The molecular formula is C10H25N3O2S. The van der Waals surface area contributed by atoms with Crippen molar-refractivity contribution in [1.82, 2.24) is 9.62 Å². The molecule has 98 valence electrons. The van der Waals surface area contributed by atoms with Crippen molar-refractivity contribution in [2.24, 2.45) is 5.73 Å². The highest BCUT2D eigenvalue weighted by molar-refractivity contribution is 7.90. The minimum atomic E-state index is -3.22. The molecule has 0 aromatic carbocycles. The Hall–Kier alpha value is -0.170. The first-order valence-electron chi connectivity index (χ1n) is 5.88. The van der Waals surface area contributed by atoms with E-state index in [2.05, 4.69) is 23.5 Å². The summed E-state index contributed by atoms with van der Waals surface area (Å²) in [5.41, 5.74) is 5.33. The van der Waals surface area contributed by atoms with Crippen molar-refractivity contribution >= 4 is 10.0 Å². The first-order valence-corrected chi connectivity index (χ1v) is 7.43. The summed E-state index contributed by atoms with van der Waals surface area (Å²) in [4.78, 5) is 2.26. The molecule has 0 saturated heterocycles.